The zero-order valence-electron chi connectivity index (χ0n) is 14.6. The summed E-state index contributed by atoms with van der Waals surface area (Å²) >= 11 is 0. The van der Waals surface area contributed by atoms with E-state index in [9.17, 15) is 5.11 Å². The summed E-state index contributed by atoms with van der Waals surface area (Å²) in [6.45, 7) is 5.58. The van der Waals surface area contributed by atoms with Crippen molar-refractivity contribution in [2.24, 2.45) is 0 Å². The van der Waals surface area contributed by atoms with Crippen molar-refractivity contribution in [3.8, 4) is 11.5 Å². The van der Waals surface area contributed by atoms with Gasteiger partial charge < -0.3 is 26.3 Å². The fraction of sp³-hybridized carbons (Fsp3) is 0.278. The molecule has 0 unspecified atom stereocenters. The minimum atomic E-state index is -0.846. The predicted molar refractivity (Wildman–Crippen MR) is 98.8 cm³/mol. The summed E-state index contributed by atoms with van der Waals surface area (Å²) in [6.07, 6.45) is 4.45. The third-order valence-corrected chi connectivity index (χ3v) is 3.26. The second-order valence-electron chi connectivity index (χ2n) is 6.24. The number of nitrogens with zero attached hydrogens (tertiary/aromatic N) is 2. The van der Waals surface area contributed by atoms with Crippen LogP contribution in [-0.4, -0.2) is 33.4 Å². The Hall–Kier alpha value is -2.93. The van der Waals surface area contributed by atoms with Crippen molar-refractivity contribution in [2.75, 3.05) is 12.3 Å². The second-order valence-corrected chi connectivity index (χ2v) is 6.24. The van der Waals surface area contributed by atoms with Crippen LogP contribution in [0.15, 0.2) is 36.7 Å². The van der Waals surface area contributed by atoms with E-state index in [2.05, 4.69) is 15.3 Å². The minimum absolute atomic E-state index is 0.358. The Morgan fingerprint density at radius 1 is 1.40 bits per heavy atom. The number of nitrogen functional groups attached to an aromatic ring is 1. The number of hydrogen-bond donors (Lipinski definition) is 4. The molecule has 2 heterocycles. The molecule has 0 aliphatic rings. The maximum atomic E-state index is 9.73. The number of nitrogens with two attached hydrogens (primary N) is 1. The molecule has 0 aliphatic heterocycles. The number of hydrogen-bond acceptors (Lipinski definition) is 7. The third kappa shape index (κ3) is 5.58. The molecule has 0 aromatic carbocycles. The zero-order valence-corrected chi connectivity index (χ0v) is 14.6. The molecular weight excluding hydrogens is 318 g/mol. The van der Waals surface area contributed by atoms with E-state index in [1.165, 1.54) is 6.21 Å². The van der Waals surface area contributed by atoms with E-state index in [1.54, 1.807) is 50.5 Å². The Labute approximate surface area is 147 Å². The van der Waals surface area contributed by atoms with Crippen LogP contribution in [0.2, 0.25) is 0 Å². The van der Waals surface area contributed by atoms with E-state index >= 15 is 0 Å². The average molecular weight is 341 g/mol. The molecule has 0 fully saturated rings. The van der Waals surface area contributed by atoms with Crippen LogP contribution in [0.5, 0.6) is 11.5 Å². The largest absolute Gasteiger partial charge is 0.455 e. The van der Waals surface area contributed by atoms with Crippen LogP contribution in [-0.2, 0) is 0 Å². The van der Waals surface area contributed by atoms with Gasteiger partial charge in [-0.1, -0.05) is 0 Å². The number of aliphatic hydroxyl groups is 1. The van der Waals surface area contributed by atoms with Crippen LogP contribution in [0.3, 0.4) is 0 Å². The van der Waals surface area contributed by atoms with Gasteiger partial charge in [-0.05, 0) is 39.0 Å². The Morgan fingerprint density at radius 2 is 2.16 bits per heavy atom. The van der Waals surface area contributed by atoms with Gasteiger partial charge >= 0.3 is 0 Å². The first kappa shape index (κ1) is 18.4. The van der Waals surface area contributed by atoms with E-state index in [-0.39, 0.29) is 0 Å². The summed E-state index contributed by atoms with van der Waals surface area (Å²) in [4.78, 5) is 8.43. The van der Waals surface area contributed by atoms with E-state index in [4.69, 9.17) is 15.9 Å². The van der Waals surface area contributed by atoms with E-state index < -0.39 is 5.60 Å². The molecule has 0 bridgehead atoms. The number of aromatic nitrogens is 2. The fourth-order valence-electron chi connectivity index (χ4n) is 2.04. The van der Waals surface area contributed by atoms with E-state index in [0.29, 0.717) is 40.8 Å². The summed E-state index contributed by atoms with van der Waals surface area (Å²) in [5, 5.41) is 20.3. The van der Waals surface area contributed by atoms with Crippen LogP contribution in [0.4, 0.5) is 5.82 Å². The molecule has 7 nitrogen and oxygen atoms in total. The molecule has 2 aromatic heterocycles. The summed E-state index contributed by atoms with van der Waals surface area (Å²) in [5.41, 5.74) is 6.64. The maximum Gasteiger partial charge on any atom is 0.148 e. The number of anilines is 1. The predicted octanol–water partition coefficient (Wildman–Crippen LogP) is 2.51. The Bertz CT molecular complexity index is 781. The highest BCUT2D eigenvalue weighted by Crippen LogP contribution is 2.25. The SMILES string of the molecule is Cc1nc(N)ccc1Oc1ccnc(/C(C=N)=C/NCC(C)(C)O)c1. The number of pyridine rings is 2. The van der Waals surface area contributed by atoms with Gasteiger partial charge in [-0.2, -0.15) is 0 Å². The highest BCUT2D eigenvalue weighted by atomic mass is 16.5. The molecule has 0 atom stereocenters. The minimum Gasteiger partial charge on any atom is -0.455 e. The lowest BCUT2D eigenvalue weighted by Gasteiger charge is -2.17. The third-order valence-electron chi connectivity index (χ3n) is 3.26. The quantitative estimate of drug-likeness (QED) is 0.575. The van der Waals surface area contributed by atoms with Crippen molar-refractivity contribution in [1.29, 1.82) is 5.41 Å². The molecule has 5 N–H and O–H groups in total. The molecule has 2 aromatic rings. The number of rotatable bonds is 7. The molecule has 132 valence electrons. The Morgan fingerprint density at radius 3 is 2.80 bits per heavy atom. The zero-order chi connectivity index (χ0) is 18.4. The number of allylic oxidation sites excluding steroid dienone is 1. The van der Waals surface area contributed by atoms with Gasteiger partial charge in [-0.15, -0.1) is 0 Å². The van der Waals surface area contributed by atoms with Gasteiger partial charge in [-0.25, -0.2) is 4.98 Å². The molecule has 0 radical (unpaired) electrons. The van der Waals surface area contributed by atoms with Crippen LogP contribution in [0.1, 0.15) is 25.2 Å². The number of ether oxygens (including phenoxy) is 1. The highest BCUT2D eigenvalue weighted by Gasteiger charge is 2.11. The summed E-state index contributed by atoms with van der Waals surface area (Å²) in [5.74, 6) is 1.62. The van der Waals surface area contributed by atoms with Gasteiger partial charge in [0.2, 0.25) is 0 Å². The summed E-state index contributed by atoms with van der Waals surface area (Å²) in [7, 11) is 0. The first-order valence-corrected chi connectivity index (χ1v) is 7.82. The number of aryl methyl sites for hydroxylation is 1. The summed E-state index contributed by atoms with van der Waals surface area (Å²) < 4.78 is 5.84. The smallest absolute Gasteiger partial charge is 0.148 e. The topological polar surface area (TPSA) is 117 Å². The molecule has 2 rings (SSSR count). The van der Waals surface area contributed by atoms with Gasteiger partial charge in [0.15, 0.2) is 0 Å². The fourth-order valence-corrected chi connectivity index (χ4v) is 2.04. The lowest BCUT2D eigenvalue weighted by molar-refractivity contribution is 0.0836. The molecule has 0 amide bonds. The molecule has 25 heavy (non-hydrogen) atoms. The van der Waals surface area contributed by atoms with Crippen LogP contribution < -0.4 is 15.8 Å². The summed E-state index contributed by atoms with van der Waals surface area (Å²) in [6, 6.07) is 6.90. The van der Waals surface area contributed by atoms with Crippen molar-refractivity contribution in [3.05, 3.63) is 48.1 Å². The van der Waals surface area contributed by atoms with Gasteiger partial charge in [0.25, 0.3) is 0 Å². The molecule has 0 saturated carbocycles. The lowest BCUT2D eigenvalue weighted by atomic mass is 10.1. The molecule has 7 heteroatoms. The average Bonchev–Trinajstić information content (AvgIpc) is 2.53. The van der Waals surface area contributed by atoms with Crippen molar-refractivity contribution < 1.29 is 9.84 Å². The van der Waals surface area contributed by atoms with Crippen molar-refractivity contribution in [1.82, 2.24) is 15.3 Å². The van der Waals surface area contributed by atoms with Crippen molar-refractivity contribution in [3.63, 3.8) is 0 Å². The molecule has 0 saturated heterocycles. The van der Waals surface area contributed by atoms with Crippen molar-refractivity contribution >= 4 is 17.6 Å². The van der Waals surface area contributed by atoms with Crippen molar-refractivity contribution in [2.45, 2.75) is 26.4 Å². The lowest BCUT2D eigenvalue weighted by Crippen LogP contribution is -2.32. The van der Waals surface area contributed by atoms with E-state index in [1.807, 2.05) is 6.92 Å². The second kappa shape index (κ2) is 7.76. The normalized spacial score (nSPS) is 11.9. The number of nitrogens with one attached hydrogen (secondary N) is 2. The Kier molecular flexibility index (Phi) is 5.71. The molecule has 0 spiro atoms. The van der Waals surface area contributed by atoms with Gasteiger partial charge in [0.1, 0.15) is 17.3 Å². The van der Waals surface area contributed by atoms with Crippen LogP contribution in [0.25, 0.3) is 5.57 Å². The highest BCUT2D eigenvalue weighted by molar-refractivity contribution is 6.07. The maximum absolute atomic E-state index is 9.73. The first-order chi connectivity index (χ1) is 11.8. The molecular formula is C18H23N5O2. The van der Waals surface area contributed by atoms with Crippen LogP contribution >= 0.6 is 0 Å². The first-order valence-electron chi connectivity index (χ1n) is 7.82. The van der Waals surface area contributed by atoms with Gasteiger partial charge in [-0.3, -0.25) is 4.98 Å². The monoisotopic (exact) mass is 341 g/mol. The van der Waals surface area contributed by atoms with E-state index in [0.717, 1.165) is 0 Å². The molecule has 0 aliphatic carbocycles. The Balaban J connectivity index is 2.19. The standard InChI is InChI=1S/C18H23N5O2/c1-12-16(4-5-17(20)23-12)25-14-6-7-22-15(8-14)13(9-19)10-21-11-18(2,3)24/h4-10,19,21,24H,11H2,1-3H3,(H2,20,23)/b13-10+,19-9?. The van der Waals surface area contributed by atoms with Gasteiger partial charge in [0, 0.05) is 36.8 Å². The van der Waals surface area contributed by atoms with Crippen LogP contribution in [0, 0.1) is 12.3 Å². The van der Waals surface area contributed by atoms with Gasteiger partial charge in [0.05, 0.1) is 17.0 Å².